The van der Waals surface area contributed by atoms with Crippen LogP contribution in [0.15, 0.2) is 66.9 Å². The number of nitrogen functional groups attached to an aromatic ring is 1. The Kier molecular flexibility index (Phi) is 3.90. The van der Waals surface area contributed by atoms with Crippen LogP contribution in [0.25, 0.3) is 11.3 Å². The number of carbonyl (C=O) groups is 1. The van der Waals surface area contributed by atoms with Gasteiger partial charge in [-0.25, -0.2) is 0 Å². The number of pyridine rings is 1. The average Bonchev–Trinajstić information content (AvgIpc) is 2.56. The van der Waals surface area contributed by atoms with E-state index in [0.717, 1.165) is 5.56 Å². The fraction of sp³-hybridized carbons (Fsp3) is 0. The molecule has 22 heavy (non-hydrogen) atoms. The van der Waals surface area contributed by atoms with Gasteiger partial charge in [0.1, 0.15) is 0 Å². The Morgan fingerprint density at radius 2 is 1.64 bits per heavy atom. The third kappa shape index (κ3) is 2.71. The fourth-order valence-electron chi connectivity index (χ4n) is 2.25. The summed E-state index contributed by atoms with van der Waals surface area (Å²) in [6.07, 6.45) is 1.59. The Morgan fingerprint density at radius 1 is 0.955 bits per heavy atom. The monoisotopic (exact) mass is 308 g/mol. The van der Waals surface area contributed by atoms with Crippen molar-refractivity contribution in [3.63, 3.8) is 0 Å². The molecule has 0 aliphatic carbocycles. The number of carbonyl (C=O) groups excluding carboxylic acids is 1. The number of benzene rings is 2. The van der Waals surface area contributed by atoms with E-state index in [1.807, 2.05) is 30.3 Å². The van der Waals surface area contributed by atoms with Crippen molar-refractivity contribution in [2.24, 2.45) is 0 Å². The van der Waals surface area contributed by atoms with Crippen LogP contribution in [0.2, 0.25) is 5.02 Å². The molecule has 0 saturated heterocycles. The molecule has 3 rings (SSSR count). The van der Waals surface area contributed by atoms with Gasteiger partial charge in [-0.05, 0) is 18.2 Å². The largest absolute Gasteiger partial charge is 0.396 e. The maximum atomic E-state index is 12.6. The highest BCUT2D eigenvalue weighted by Crippen LogP contribution is 2.28. The van der Waals surface area contributed by atoms with Crippen LogP contribution in [-0.2, 0) is 0 Å². The van der Waals surface area contributed by atoms with Crippen LogP contribution in [0.3, 0.4) is 0 Å². The van der Waals surface area contributed by atoms with Crippen LogP contribution < -0.4 is 5.73 Å². The van der Waals surface area contributed by atoms with Crippen molar-refractivity contribution in [1.82, 2.24) is 4.98 Å². The molecule has 0 aliphatic rings. The van der Waals surface area contributed by atoms with Gasteiger partial charge in [0.15, 0.2) is 5.78 Å². The molecule has 108 valence electrons. The molecule has 3 nitrogen and oxygen atoms in total. The smallest absolute Gasteiger partial charge is 0.195 e. The van der Waals surface area contributed by atoms with Crippen molar-refractivity contribution in [2.45, 2.75) is 0 Å². The number of nitrogens with zero attached hydrogens (tertiary/aromatic N) is 1. The second-order valence-electron chi connectivity index (χ2n) is 4.82. The van der Waals surface area contributed by atoms with Gasteiger partial charge in [0.05, 0.1) is 11.4 Å². The molecule has 1 heterocycles. The summed E-state index contributed by atoms with van der Waals surface area (Å²) >= 11 is 5.89. The lowest BCUT2D eigenvalue weighted by Gasteiger charge is -2.10. The Hall–Kier alpha value is -2.65. The van der Waals surface area contributed by atoms with Crippen molar-refractivity contribution in [3.05, 3.63) is 83.0 Å². The van der Waals surface area contributed by atoms with Crippen LogP contribution in [0.4, 0.5) is 5.69 Å². The molecule has 4 heteroatoms. The standard InChI is InChI=1S/C18H13ClN2O/c19-14-8-6-12(7-9-14)17-16(20)15(10-11-21-17)18(22)13-4-2-1-3-5-13/h1-11H,20H2. The van der Waals surface area contributed by atoms with Gasteiger partial charge in [-0.15, -0.1) is 0 Å². The number of hydrogen-bond donors (Lipinski definition) is 1. The summed E-state index contributed by atoms with van der Waals surface area (Å²) in [5, 5.41) is 0.638. The molecule has 0 atom stereocenters. The topological polar surface area (TPSA) is 56.0 Å². The van der Waals surface area contributed by atoms with E-state index in [4.69, 9.17) is 17.3 Å². The SMILES string of the molecule is Nc1c(C(=O)c2ccccc2)ccnc1-c1ccc(Cl)cc1. The molecule has 0 spiro atoms. The normalized spacial score (nSPS) is 10.4. The minimum Gasteiger partial charge on any atom is -0.396 e. The molecule has 1 aromatic heterocycles. The zero-order valence-electron chi connectivity index (χ0n) is 11.7. The first kappa shape index (κ1) is 14.3. The highest BCUT2D eigenvalue weighted by Gasteiger charge is 2.16. The van der Waals surface area contributed by atoms with Gasteiger partial charge in [-0.3, -0.25) is 9.78 Å². The summed E-state index contributed by atoms with van der Waals surface area (Å²) in [5.74, 6) is -0.115. The molecular weight excluding hydrogens is 296 g/mol. The second kappa shape index (κ2) is 6.00. The molecule has 0 unspecified atom stereocenters. The van der Waals surface area contributed by atoms with Crippen LogP contribution in [-0.4, -0.2) is 10.8 Å². The van der Waals surface area contributed by atoms with Crippen LogP contribution >= 0.6 is 11.6 Å². The molecule has 3 aromatic rings. The molecule has 2 aromatic carbocycles. The number of anilines is 1. The summed E-state index contributed by atoms with van der Waals surface area (Å²) in [6, 6.07) is 17.9. The van der Waals surface area contributed by atoms with Gasteiger partial charge in [0.25, 0.3) is 0 Å². The Bertz CT molecular complexity index is 814. The van der Waals surface area contributed by atoms with Crippen molar-refractivity contribution in [2.75, 3.05) is 5.73 Å². The van der Waals surface area contributed by atoms with E-state index >= 15 is 0 Å². The first-order chi connectivity index (χ1) is 10.7. The van der Waals surface area contributed by atoms with E-state index < -0.39 is 0 Å². The molecule has 0 radical (unpaired) electrons. The molecule has 0 amide bonds. The first-order valence-electron chi connectivity index (χ1n) is 6.77. The molecule has 2 N–H and O–H groups in total. The number of halogens is 1. The zero-order valence-corrected chi connectivity index (χ0v) is 12.4. The third-order valence-corrected chi connectivity index (χ3v) is 3.64. The number of ketones is 1. The van der Waals surface area contributed by atoms with Gasteiger partial charge in [-0.1, -0.05) is 54.1 Å². The van der Waals surface area contributed by atoms with Gasteiger partial charge in [0.2, 0.25) is 0 Å². The van der Waals surface area contributed by atoms with Gasteiger partial charge < -0.3 is 5.73 Å². The van der Waals surface area contributed by atoms with Crippen molar-refractivity contribution in [3.8, 4) is 11.3 Å². The number of aromatic nitrogens is 1. The summed E-state index contributed by atoms with van der Waals surface area (Å²) in [7, 11) is 0. The van der Waals surface area contributed by atoms with Gasteiger partial charge >= 0.3 is 0 Å². The highest BCUT2D eigenvalue weighted by atomic mass is 35.5. The Balaban J connectivity index is 2.06. The molecule has 0 aliphatic heterocycles. The summed E-state index contributed by atoms with van der Waals surface area (Å²) < 4.78 is 0. The lowest BCUT2D eigenvalue weighted by molar-refractivity contribution is 0.103. The molecule has 0 saturated carbocycles. The predicted octanol–water partition coefficient (Wildman–Crippen LogP) is 4.22. The lowest BCUT2D eigenvalue weighted by Crippen LogP contribution is -2.07. The van der Waals surface area contributed by atoms with E-state index in [1.165, 1.54) is 0 Å². The fourth-order valence-corrected chi connectivity index (χ4v) is 2.38. The van der Waals surface area contributed by atoms with E-state index in [9.17, 15) is 4.79 Å². The van der Waals surface area contributed by atoms with Crippen LogP contribution in [0.5, 0.6) is 0 Å². The maximum Gasteiger partial charge on any atom is 0.195 e. The summed E-state index contributed by atoms with van der Waals surface area (Å²) in [6.45, 7) is 0. The minimum absolute atomic E-state index is 0.115. The second-order valence-corrected chi connectivity index (χ2v) is 5.26. The molecular formula is C18H13ClN2O. The van der Waals surface area contributed by atoms with E-state index in [-0.39, 0.29) is 5.78 Å². The van der Waals surface area contributed by atoms with Gasteiger partial charge in [-0.2, -0.15) is 0 Å². The summed E-state index contributed by atoms with van der Waals surface area (Å²) in [4.78, 5) is 16.9. The van der Waals surface area contributed by atoms with Crippen molar-refractivity contribution < 1.29 is 4.79 Å². The zero-order chi connectivity index (χ0) is 15.5. The maximum absolute atomic E-state index is 12.6. The van der Waals surface area contributed by atoms with Crippen molar-refractivity contribution >= 4 is 23.1 Å². The highest BCUT2D eigenvalue weighted by molar-refractivity contribution is 6.30. The average molecular weight is 309 g/mol. The molecule has 0 bridgehead atoms. The number of nitrogens with two attached hydrogens (primary N) is 1. The third-order valence-electron chi connectivity index (χ3n) is 3.39. The van der Waals surface area contributed by atoms with E-state index in [1.54, 1.807) is 36.5 Å². The Labute approximate surface area is 133 Å². The molecule has 0 fully saturated rings. The summed E-state index contributed by atoms with van der Waals surface area (Å²) in [5.41, 5.74) is 9.00. The quantitative estimate of drug-likeness (QED) is 0.737. The Morgan fingerprint density at radius 3 is 2.32 bits per heavy atom. The van der Waals surface area contributed by atoms with E-state index in [2.05, 4.69) is 4.98 Å². The minimum atomic E-state index is -0.115. The van der Waals surface area contributed by atoms with E-state index in [0.29, 0.717) is 27.5 Å². The lowest BCUT2D eigenvalue weighted by atomic mass is 9.99. The van der Waals surface area contributed by atoms with Crippen LogP contribution in [0.1, 0.15) is 15.9 Å². The van der Waals surface area contributed by atoms with Crippen LogP contribution in [0, 0.1) is 0 Å². The number of rotatable bonds is 3. The first-order valence-corrected chi connectivity index (χ1v) is 7.15. The predicted molar refractivity (Wildman–Crippen MR) is 89.0 cm³/mol. The van der Waals surface area contributed by atoms with Gasteiger partial charge in [0, 0.05) is 27.9 Å². The number of hydrogen-bond acceptors (Lipinski definition) is 3. The van der Waals surface area contributed by atoms with Crippen molar-refractivity contribution in [1.29, 1.82) is 0 Å².